The maximum absolute atomic E-state index is 13.1. The van der Waals surface area contributed by atoms with Crippen LogP contribution in [0.25, 0.3) is 0 Å². The minimum absolute atomic E-state index is 0.0780. The second-order valence-corrected chi connectivity index (χ2v) is 9.10. The van der Waals surface area contributed by atoms with Crippen molar-refractivity contribution >= 4 is 16.0 Å². The summed E-state index contributed by atoms with van der Waals surface area (Å²) in [6.45, 7) is -0.568. The number of hydrogen-bond acceptors (Lipinski definition) is 5. The van der Waals surface area contributed by atoms with Crippen molar-refractivity contribution in [3.05, 3.63) is 77.1 Å². The van der Waals surface area contributed by atoms with Crippen molar-refractivity contribution in [1.29, 1.82) is 0 Å². The number of nitrogens with zero attached hydrogens (tertiary/aromatic N) is 2. The Bertz CT molecular complexity index is 1250. The van der Waals surface area contributed by atoms with Crippen molar-refractivity contribution in [2.75, 3.05) is 18.0 Å². The Morgan fingerprint density at radius 1 is 1.06 bits per heavy atom. The molecule has 0 saturated carbocycles. The molecule has 0 spiro atoms. The Balaban J connectivity index is 1.69. The summed E-state index contributed by atoms with van der Waals surface area (Å²) >= 11 is 0. The van der Waals surface area contributed by atoms with Crippen LogP contribution in [0.15, 0.2) is 59.8 Å². The molecule has 0 amide bonds. The fraction of sp³-hybridized carbons (Fsp3) is 0.273. The molecule has 1 N–H and O–H groups in total. The lowest BCUT2D eigenvalue weighted by molar-refractivity contribution is -0.137. The lowest BCUT2D eigenvalue weighted by Crippen LogP contribution is -2.19. The minimum Gasteiger partial charge on any atom is -0.493 e. The fourth-order valence-electron chi connectivity index (χ4n) is 3.83. The molecule has 0 fully saturated rings. The molecule has 0 bridgehead atoms. The number of hydrogen-bond donors (Lipinski definition) is 1. The van der Waals surface area contributed by atoms with Crippen LogP contribution < -0.4 is 9.46 Å². The number of anilines is 1. The number of sulfonamides is 1. The number of rotatable bonds is 6. The third-order valence-electron chi connectivity index (χ3n) is 5.34. The van der Waals surface area contributed by atoms with Gasteiger partial charge in [-0.2, -0.15) is 13.2 Å². The van der Waals surface area contributed by atoms with E-state index in [2.05, 4.69) is 14.7 Å². The van der Waals surface area contributed by atoms with E-state index in [9.17, 15) is 26.0 Å². The van der Waals surface area contributed by atoms with Gasteiger partial charge in [0.1, 0.15) is 5.75 Å². The summed E-state index contributed by atoms with van der Waals surface area (Å²) in [4.78, 5) is 7.60. The molecule has 1 atom stereocenters. The number of benzene rings is 2. The van der Waals surface area contributed by atoms with E-state index in [1.165, 1.54) is 30.6 Å². The number of halogens is 4. The topological polar surface area (TPSA) is 81.2 Å². The van der Waals surface area contributed by atoms with Gasteiger partial charge in [0.05, 0.1) is 23.7 Å². The Hall–Kier alpha value is -3.21. The van der Waals surface area contributed by atoms with Gasteiger partial charge in [0.15, 0.2) is 0 Å². The zero-order valence-corrected chi connectivity index (χ0v) is 18.0. The highest BCUT2D eigenvalue weighted by Gasteiger charge is 2.33. The smallest absolute Gasteiger partial charge is 0.416 e. The van der Waals surface area contributed by atoms with E-state index in [0.29, 0.717) is 23.3 Å². The predicted octanol–water partition coefficient (Wildman–Crippen LogP) is 4.72. The monoisotopic (exact) mass is 481 g/mol. The van der Waals surface area contributed by atoms with Gasteiger partial charge in [0.25, 0.3) is 10.0 Å². The Morgan fingerprint density at radius 2 is 1.79 bits per heavy atom. The normalized spacial score (nSPS) is 16.1. The summed E-state index contributed by atoms with van der Waals surface area (Å²) in [6.07, 6.45) is -1.44. The molecule has 0 radical (unpaired) electrons. The van der Waals surface area contributed by atoms with Gasteiger partial charge in [-0.1, -0.05) is 12.1 Å². The first-order valence-corrected chi connectivity index (χ1v) is 11.5. The molecule has 33 heavy (non-hydrogen) atoms. The zero-order chi connectivity index (χ0) is 23.6. The molecule has 174 valence electrons. The second-order valence-electron chi connectivity index (χ2n) is 7.42. The standard InChI is InChI=1S/C22H19F4N3O3S/c23-8-6-14-12-15(22(24,25)26)2-4-17(14)18-7-11-32-20-13-16(3-5-19(18)20)33(30,31)29-21-27-9-1-10-28-21/h1-5,9-10,12-13,18H,6-8,11H2,(H,27,28,29). The van der Waals surface area contributed by atoms with Gasteiger partial charge < -0.3 is 4.74 Å². The molecule has 4 rings (SSSR count). The molecule has 1 aliphatic rings. The first-order chi connectivity index (χ1) is 15.7. The van der Waals surface area contributed by atoms with Gasteiger partial charge in [-0.05, 0) is 41.8 Å². The van der Waals surface area contributed by atoms with E-state index < -0.39 is 28.4 Å². The van der Waals surface area contributed by atoms with Crippen molar-refractivity contribution in [3.8, 4) is 5.75 Å². The Kier molecular flexibility index (Phi) is 6.24. The van der Waals surface area contributed by atoms with Crippen molar-refractivity contribution < 1.29 is 30.7 Å². The molecule has 6 nitrogen and oxygen atoms in total. The second kappa shape index (κ2) is 8.97. The van der Waals surface area contributed by atoms with E-state index >= 15 is 0 Å². The Morgan fingerprint density at radius 3 is 2.48 bits per heavy atom. The van der Waals surface area contributed by atoms with Gasteiger partial charge in [0, 0.05) is 36.4 Å². The summed E-state index contributed by atoms with van der Waals surface area (Å²) in [5.41, 5.74) is 0.620. The lowest BCUT2D eigenvalue weighted by Gasteiger charge is -2.28. The third-order valence-corrected chi connectivity index (χ3v) is 6.66. The quantitative estimate of drug-likeness (QED) is 0.515. The number of fused-ring (bicyclic) bond motifs is 1. The predicted molar refractivity (Wildman–Crippen MR) is 112 cm³/mol. The lowest BCUT2D eigenvalue weighted by atomic mass is 9.83. The maximum atomic E-state index is 13.1. The third kappa shape index (κ3) is 4.92. The van der Waals surface area contributed by atoms with Crippen LogP contribution in [0.3, 0.4) is 0 Å². The number of aryl methyl sites for hydroxylation is 1. The van der Waals surface area contributed by atoms with Crippen LogP contribution in [0, 0.1) is 0 Å². The zero-order valence-electron chi connectivity index (χ0n) is 17.1. The highest BCUT2D eigenvalue weighted by molar-refractivity contribution is 7.92. The van der Waals surface area contributed by atoms with Crippen LogP contribution in [-0.4, -0.2) is 31.7 Å². The van der Waals surface area contributed by atoms with Crippen molar-refractivity contribution in [3.63, 3.8) is 0 Å². The van der Waals surface area contributed by atoms with Crippen LogP contribution >= 0.6 is 0 Å². The van der Waals surface area contributed by atoms with Gasteiger partial charge >= 0.3 is 6.18 Å². The van der Waals surface area contributed by atoms with Gasteiger partial charge in [-0.3, -0.25) is 4.39 Å². The van der Waals surface area contributed by atoms with Crippen LogP contribution in [-0.2, 0) is 22.6 Å². The van der Waals surface area contributed by atoms with Crippen LogP contribution in [0.5, 0.6) is 5.75 Å². The van der Waals surface area contributed by atoms with E-state index in [-0.39, 0.29) is 35.4 Å². The molecule has 2 heterocycles. The molecule has 1 aliphatic heterocycles. The molecule has 1 aromatic heterocycles. The van der Waals surface area contributed by atoms with Gasteiger partial charge in [-0.25, -0.2) is 23.1 Å². The average molecular weight is 481 g/mol. The van der Waals surface area contributed by atoms with E-state index in [1.807, 2.05) is 0 Å². The first-order valence-electron chi connectivity index (χ1n) is 10.0. The highest BCUT2D eigenvalue weighted by atomic mass is 32.2. The molecule has 0 saturated heterocycles. The SMILES string of the molecule is O=S(=O)(Nc1ncccn1)c1ccc2c(c1)OCCC2c1ccc(C(F)(F)F)cc1CCF. The van der Waals surface area contributed by atoms with E-state index in [0.717, 1.165) is 12.1 Å². The van der Waals surface area contributed by atoms with Crippen molar-refractivity contribution in [2.45, 2.75) is 29.8 Å². The number of aromatic nitrogens is 2. The minimum atomic E-state index is -4.53. The number of alkyl halides is 4. The molecule has 11 heteroatoms. The van der Waals surface area contributed by atoms with Gasteiger partial charge in [-0.15, -0.1) is 0 Å². The molecule has 0 aliphatic carbocycles. The van der Waals surface area contributed by atoms with E-state index in [1.54, 1.807) is 12.1 Å². The Labute approximate surface area is 187 Å². The summed E-state index contributed by atoms with van der Waals surface area (Å²) in [6, 6.07) is 9.17. The summed E-state index contributed by atoms with van der Waals surface area (Å²) in [5, 5.41) is 0. The molecule has 1 unspecified atom stereocenters. The van der Waals surface area contributed by atoms with Crippen LogP contribution in [0.2, 0.25) is 0 Å². The van der Waals surface area contributed by atoms with Crippen molar-refractivity contribution in [1.82, 2.24) is 9.97 Å². The van der Waals surface area contributed by atoms with Crippen LogP contribution in [0.4, 0.5) is 23.5 Å². The largest absolute Gasteiger partial charge is 0.493 e. The summed E-state index contributed by atoms with van der Waals surface area (Å²) in [5.74, 6) is -0.149. The number of ether oxygens (including phenoxy) is 1. The molecule has 3 aromatic rings. The van der Waals surface area contributed by atoms with Gasteiger partial charge in [0.2, 0.25) is 5.95 Å². The van der Waals surface area contributed by atoms with Crippen molar-refractivity contribution in [2.24, 2.45) is 0 Å². The number of nitrogens with one attached hydrogen (secondary N) is 1. The highest BCUT2D eigenvalue weighted by Crippen LogP contribution is 2.42. The average Bonchev–Trinajstić information content (AvgIpc) is 2.78. The molecular formula is C22H19F4N3O3S. The van der Waals surface area contributed by atoms with E-state index in [4.69, 9.17) is 4.74 Å². The molecule has 2 aromatic carbocycles. The summed E-state index contributed by atoms with van der Waals surface area (Å²) < 4.78 is 85.9. The van der Waals surface area contributed by atoms with Crippen LogP contribution in [0.1, 0.15) is 34.6 Å². The fourth-order valence-corrected chi connectivity index (χ4v) is 4.80. The maximum Gasteiger partial charge on any atom is 0.416 e. The molecular weight excluding hydrogens is 462 g/mol. The first kappa shape index (κ1) is 23.0. The summed E-state index contributed by atoms with van der Waals surface area (Å²) in [7, 11) is -4.00.